The third kappa shape index (κ3) is 3.27. The molecule has 1 aromatic rings. The Morgan fingerprint density at radius 3 is 2.40 bits per heavy atom. The van der Waals surface area contributed by atoms with Crippen molar-refractivity contribution in [2.75, 3.05) is 11.0 Å². The summed E-state index contributed by atoms with van der Waals surface area (Å²) in [5.41, 5.74) is 1.78. The Balaban J connectivity index is 3.03. The monoisotopic (exact) mass is 230 g/mol. The van der Waals surface area contributed by atoms with Crippen LogP contribution in [0.15, 0.2) is 12.3 Å². The molecule has 1 heterocycles. The summed E-state index contributed by atoms with van der Waals surface area (Å²) in [6, 6.07) is 1.88. The zero-order valence-electron chi connectivity index (χ0n) is 9.61. The number of nitrogens with one attached hydrogen (secondary N) is 1. The Hall–Kier alpha value is -0.970. The average molecular weight is 230 g/mol. The molecule has 0 aliphatic heterocycles. The van der Waals surface area contributed by atoms with Crippen molar-refractivity contribution >= 4 is 15.7 Å². The summed E-state index contributed by atoms with van der Waals surface area (Å²) in [4.78, 5) is 0. The van der Waals surface area contributed by atoms with Crippen molar-refractivity contribution in [3.05, 3.63) is 18.0 Å². The Bertz CT molecular complexity index is 432. The van der Waals surface area contributed by atoms with Crippen LogP contribution in [0, 0.1) is 0 Å². The smallest absolute Gasteiger partial charge is 0.229 e. The molecule has 0 saturated carbocycles. The Labute approximate surface area is 91.4 Å². The Kier molecular flexibility index (Phi) is 3.44. The van der Waals surface area contributed by atoms with Crippen LogP contribution in [0.1, 0.15) is 32.4 Å². The molecule has 0 bridgehead atoms. The minimum Gasteiger partial charge on any atom is -0.349 e. The number of hydrogen-bond acceptors (Lipinski definition) is 2. The third-order valence-electron chi connectivity index (χ3n) is 2.17. The van der Waals surface area contributed by atoms with Crippen LogP contribution in [0.5, 0.6) is 0 Å². The molecule has 4 nitrogen and oxygen atoms in total. The number of aromatic nitrogens is 1. The standard InChI is InChI=1S/C10H18N2O2S/c1-5-12-7-9(11-15(4,13)14)6-10(12)8(2)3/h6-8,11H,5H2,1-4H3. The summed E-state index contributed by atoms with van der Waals surface area (Å²) in [6.45, 7) is 7.06. The second kappa shape index (κ2) is 4.26. The number of rotatable bonds is 4. The first-order valence-electron chi connectivity index (χ1n) is 5.01. The van der Waals surface area contributed by atoms with Gasteiger partial charge in [-0.1, -0.05) is 13.8 Å². The molecule has 0 spiro atoms. The summed E-state index contributed by atoms with van der Waals surface area (Å²) < 4.78 is 26.7. The van der Waals surface area contributed by atoms with E-state index < -0.39 is 10.0 Å². The van der Waals surface area contributed by atoms with E-state index in [4.69, 9.17) is 0 Å². The summed E-state index contributed by atoms with van der Waals surface area (Å²) in [5, 5.41) is 0. The highest BCUT2D eigenvalue weighted by Crippen LogP contribution is 2.21. The van der Waals surface area contributed by atoms with E-state index in [0.29, 0.717) is 11.6 Å². The second-order valence-electron chi connectivity index (χ2n) is 3.97. The normalized spacial score (nSPS) is 12.1. The molecule has 0 aliphatic carbocycles. The maximum atomic E-state index is 11.1. The van der Waals surface area contributed by atoms with Crippen LogP contribution in [0.2, 0.25) is 0 Å². The molecule has 1 rings (SSSR count). The van der Waals surface area contributed by atoms with Gasteiger partial charge in [-0.3, -0.25) is 4.72 Å². The zero-order valence-corrected chi connectivity index (χ0v) is 10.4. The SMILES string of the molecule is CCn1cc(NS(C)(=O)=O)cc1C(C)C. The van der Waals surface area contributed by atoms with Gasteiger partial charge in [-0.15, -0.1) is 0 Å². The van der Waals surface area contributed by atoms with Crippen molar-refractivity contribution in [2.45, 2.75) is 33.2 Å². The quantitative estimate of drug-likeness (QED) is 0.860. The van der Waals surface area contributed by atoms with Gasteiger partial charge >= 0.3 is 0 Å². The molecule has 0 unspecified atom stereocenters. The van der Waals surface area contributed by atoms with Crippen molar-refractivity contribution in [3.63, 3.8) is 0 Å². The molecule has 0 aromatic carbocycles. The van der Waals surface area contributed by atoms with Gasteiger partial charge in [0.1, 0.15) is 0 Å². The van der Waals surface area contributed by atoms with Crippen molar-refractivity contribution in [2.24, 2.45) is 0 Å². The van der Waals surface area contributed by atoms with Gasteiger partial charge in [-0.2, -0.15) is 0 Å². The van der Waals surface area contributed by atoms with Crippen LogP contribution >= 0.6 is 0 Å². The number of aryl methyl sites for hydroxylation is 1. The zero-order chi connectivity index (χ0) is 11.6. The molecule has 86 valence electrons. The molecule has 0 aliphatic rings. The van der Waals surface area contributed by atoms with E-state index in [1.807, 2.05) is 19.2 Å². The maximum Gasteiger partial charge on any atom is 0.229 e. The predicted molar refractivity (Wildman–Crippen MR) is 62.7 cm³/mol. The summed E-state index contributed by atoms with van der Waals surface area (Å²) in [7, 11) is -3.18. The van der Waals surface area contributed by atoms with Gasteiger partial charge in [0.2, 0.25) is 10.0 Å². The van der Waals surface area contributed by atoms with Gasteiger partial charge in [0.05, 0.1) is 11.9 Å². The summed E-state index contributed by atoms with van der Waals surface area (Å²) in [5.74, 6) is 0.389. The first-order chi connectivity index (χ1) is 6.83. The first kappa shape index (κ1) is 12.1. The van der Waals surface area contributed by atoms with E-state index in [-0.39, 0.29) is 0 Å². The highest BCUT2D eigenvalue weighted by Gasteiger charge is 2.10. The average Bonchev–Trinajstić information content (AvgIpc) is 2.44. The lowest BCUT2D eigenvalue weighted by atomic mass is 10.1. The molecule has 1 aromatic heterocycles. The van der Waals surface area contributed by atoms with Gasteiger partial charge in [-0.05, 0) is 18.9 Å². The molecule has 1 N–H and O–H groups in total. The lowest BCUT2D eigenvalue weighted by Crippen LogP contribution is -2.08. The molecule has 5 heteroatoms. The fourth-order valence-electron chi connectivity index (χ4n) is 1.56. The van der Waals surface area contributed by atoms with Crippen LogP contribution in [0.3, 0.4) is 0 Å². The van der Waals surface area contributed by atoms with E-state index in [0.717, 1.165) is 18.5 Å². The minimum atomic E-state index is -3.18. The van der Waals surface area contributed by atoms with Crippen LogP contribution < -0.4 is 4.72 Å². The van der Waals surface area contributed by atoms with Crippen molar-refractivity contribution in [1.82, 2.24) is 4.57 Å². The van der Waals surface area contributed by atoms with Crippen LogP contribution in [-0.4, -0.2) is 19.2 Å². The largest absolute Gasteiger partial charge is 0.349 e. The predicted octanol–water partition coefficient (Wildman–Crippen LogP) is 2.00. The molecule has 0 fully saturated rings. The van der Waals surface area contributed by atoms with Crippen molar-refractivity contribution in [3.8, 4) is 0 Å². The van der Waals surface area contributed by atoms with Crippen molar-refractivity contribution in [1.29, 1.82) is 0 Å². The molecule has 0 saturated heterocycles. The summed E-state index contributed by atoms with van der Waals surface area (Å²) in [6.07, 6.45) is 2.99. The van der Waals surface area contributed by atoms with Gasteiger partial charge in [0.15, 0.2) is 0 Å². The molecule has 15 heavy (non-hydrogen) atoms. The highest BCUT2D eigenvalue weighted by molar-refractivity contribution is 7.92. The van der Waals surface area contributed by atoms with E-state index in [1.165, 1.54) is 0 Å². The molecule has 0 amide bonds. The number of hydrogen-bond donors (Lipinski definition) is 1. The highest BCUT2D eigenvalue weighted by atomic mass is 32.2. The second-order valence-corrected chi connectivity index (χ2v) is 5.72. The number of sulfonamides is 1. The maximum absolute atomic E-state index is 11.1. The topological polar surface area (TPSA) is 51.1 Å². The van der Waals surface area contributed by atoms with Gasteiger partial charge in [0.25, 0.3) is 0 Å². The fourth-order valence-corrected chi connectivity index (χ4v) is 2.10. The number of anilines is 1. The molecular formula is C10H18N2O2S. The van der Waals surface area contributed by atoms with Gasteiger partial charge in [0, 0.05) is 18.4 Å². The van der Waals surface area contributed by atoms with Crippen LogP contribution in [-0.2, 0) is 16.6 Å². The molecule has 0 atom stereocenters. The Morgan fingerprint density at radius 1 is 1.47 bits per heavy atom. The molecule has 0 radical (unpaired) electrons. The molecular weight excluding hydrogens is 212 g/mol. The van der Waals surface area contributed by atoms with Gasteiger partial charge in [-0.25, -0.2) is 8.42 Å². The summed E-state index contributed by atoms with van der Waals surface area (Å²) >= 11 is 0. The fraction of sp³-hybridized carbons (Fsp3) is 0.600. The minimum absolute atomic E-state index is 0.389. The van der Waals surface area contributed by atoms with Crippen LogP contribution in [0.25, 0.3) is 0 Å². The van der Waals surface area contributed by atoms with E-state index >= 15 is 0 Å². The van der Waals surface area contributed by atoms with E-state index in [2.05, 4.69) is 23.1 Å². The Morgan fingerprint density at radius 2 is 2.07 bits per heavy atom. The van der Waals surface area contributed by atoms with E-state index in [9.17, 15) is 8.42 Å². The van der Waals surface area contributed by atoms with E-state index in [1.54, 1.807) is 0 Å². The first-order valence-corrected chi connectivity index (χ1v) is 6.90. The lowest BCUT2D eigenvalue weighted by Gasteiger charge is -2.08. The lowest BCUT2D eigenvalue weighted by molar-refractivity contribution is 0.607. The number of nitrogens with zero attached hydrogens (tertiary/aromatic N) is 1. The van der Waals surface area contributed by atoms with Gasteiger partial charge < -0.3 is 4.57 Å². The van der Waals surface area contributed by atoms with Crippen LogP contribution in [0.4, 0.5) is 5.69 Å². The third-order valence-corrected chi connectivity index (χ3v) is 2.77. The van der Waals surface area contributed by atoms with Crippen molar-refractivity contribution < 1.29 is 8.42 Å².